The van der Waals surface area contributed by atoms with Gasteiger partial charge < -0.3 is 4.74 Å². The van der Waals surface area contributed by atoms with Crippen molar-refractivity contribution in [2.75, 3.05) is 6.61 Å². The number of hydrogen-bond acceptors (Lipinski definition) is 2. The van der Waals surface area contributed by atoms with E-state index in [1.807, 2.05) is 6.20 Å². The summed E-state index contributed by atoms with van der Waals surface area (Å²) < 4.78 is 5.57. The van der Waals surface area contributed by atoms with E-state index in [-0.39, 0.29) is 0 Å². The lowest BCUT2D eigenvalue weighted by Gasteiger charge is -2.08. The minimum atomic E-state index is 0.545. The van der Waals surface area contributed by atoms with Gasteiger partial charge in [-0.1, -0.05) is 33.8 Å². The molecule has 1 heterocycles. The van der Waals surface area contributed by atoms with E-state index in [0.717, 1.165) is 18.7 Å². The number of rotatable bonds is 6. The van der Waals surface area contributed by atoms with E-state index in [2.05, 4.69) is 44.8 Å². The zero-order chi connectivity index (χ0) is 12.0. The smallest absolute Gasteiger partial charge is 0.0887 e. The van der Waals surface area contributed by atoms with E-state index >= 15 is 0 Å². The predicted molar refractivity (Wildman–Crippen MR) is 67.4 cm³/mol. The van der Waals surface area contributed by atoms with Gasteiger partial charge in [-0.05, 0) is 29.9 Å². The Morgan fingerprint density at radius 2 is 1.94 bits per heavy atom. The van der Waals surface area contributed by atoms with Gasteiger partial charge in [0.1, 0.15) is 0 Å². The fourth-order valence-corrected chi connectivity index (χ4v) is 1.36. The summed E-state index contributed by atoms with van der Waals surface area (Å²) in [6.07, 6.45) is 3.07. The van der Waals surface area contributed by atoms with Crippen molar-refractivity contribution in [1.29, 1.82) is 0 Å². The molecule has 0 aliphatic rings. The average molecular weight is 221 g/mol. The van der Waals surface area contributed by atoms with Crippen LogP contribution in [0, 0.1) is 5.92 Å². The highest BCUT2D eigenvalue weighted by atomic mass is 16.5. The molecular weight excluding hydrogens is 198 g/mol. The molecule has 0 aliphatic heterocycles. The van der Waals surface area contributed by atoms with Crippen LogP contribution in [0.1, 0.15) is 51.3 Å². The van der Waals surface area contributed by atoms with Crippen molar-refractivity contribution in [1.82, 2.24) is 4.98 Å². The maximum atomic E-state index is 5.57. The number of nitrogens with zero attached hydrogens (tertiary/aromatic N) is 1. The van der Waals surface area contributed by atoms with E-state index in [1.165, 1.54) is 5.56 Å². The zero-order valence-electron chi connectivity index (χ0n) is 10.9. The van der Waals surface area contributed by atoms with Gasteiger partial charge in [0, 0.05) is 12.8 Å². The van der Waals surface area contributed by atoms with Crippen molar-refractivity contribution < 1.29 is 4.74 Å². The number of pyridine rings is 1. The van der Waals surface area contributed by atoms with Crippen LogP contribution in [0.2, 0.25) is 0 Å². The van der Waals surface area contributed by atoms with Gasteiger partial charge in [0.15, 0.2) is 0 Å². The molecule has 0 aliphatic carbocycles. The summed E-state index contributed by atoms with van der Waals surface area (Å²) in [5, 5.41) is 0. The Morgan fingerprint density at radius 1 is 1.19 bits per heavy atom. The lowest BCUT2D eigenvalue weighted by molar-refractivity contribution is 0.108. The maximum absolute atomic E-state index is 5.57. The van der Waals surface area contributed by atoms with Gasteiger partial charge in [-0.25, -0.2) is 0 Å². The molecule has 0 N–H and O–H groups in total. The number of aromatic nitrogens is 1. The van der Waals surface area contributed by atoms with Crippen LogP contribution in [0.5, 0.6) is 0 Å². The molecule has 90 valence electrons. The van der Waals surface area contributed by atoms with Crippen LogP contribution in [0.15, 0.2) is 18.3 Å². The van der Waals surface area contributed by atoms with Crippen LogP contribution < -0.4 is 0 Å². The summed E-state index contributed by atoms with van der Waals surface area (Å²) in [5.74, 6) is 1.25. The van der Waals surface area contributed by atoms with E-state index in [0.29, 0.717) is 18.4 Å². The van der Waals surface area contributed by atoms with Gasteiger partial charge in [-0.3, -0.25) is 4.98 Å². The fraction of sp³-hybridized carbons (Fsp3) is 0.643. The Bertz CT molecular complexity index is 290. The highest BCUT2D eigenvalue weighted by molar-refractivity contribution is 5.16. The first-order valence-corrected chi connectivity index (χ1v) is 6.12. The van der Waals surface area contributed by atoms with Crippen molar-refractivity contribution in [2.45, 2.75) is 46.6 Å². The predicted octanol–water partition coefficient (Wildman–Crippen LogP) is 3.77. The Morgan fingerprint density at radius 3 is 2.44 bits per heavy atom. The Balaban J connectivity index is 2.32. The van der Waals surface area contributed by atoms with E-state index < -0.39 is 0 Å². The molecule has 0 unspecified atom stereocenters. The maximum Gasteiger partial charge on any atom is 0.0887 e. The zero-order valence-corrected chi connectivity index (χ0v) is 10.9. The highest BCUT2D eigenvalue weighted by Crippen LogP contribution is 2.13. The molecule has 0 aromatic carbocycles. The number of hydrogen-bond donors (Lipinski definition) is 0. The second-order valence-electron chi connectivity index (χ2n) is 4.97. The van der Waals surface area contributed by atoms with E-state index in [1.54, 1.807) is 0 Å². The Hall–Kier alpha value is -0.890. The first-order valence-electron chi connectivity index (χ1n) is 6.12. The first-order chi connectivity index (χ1) is 7.59. The summed E-state index contributed by atoms with van der Waals surface area (Å²) >= 11 is 0. The Kier molecular flexibility index (Phi) is 5.47. The van der Waals surface area contributed by atoms with Gasteiger partial charge in [0.05, 0.1) is 12.3 Å². The summed E-state index contributed by atoms with van der Waals surface area (Å²) in [6, 6.07) is 4.20. The molecular formula is C14H23NO. The van der Waals surface area contributed by atoms with Crippen molar-refractivity contribution in [3.63, 3.8) is 0 Å². The monoisotopic (exact) mass is 221 g/mol. The van der Waals surface area contributed by atoms with E-state index in [4.69, 9.17) is 4.74 Å². The normalized spacial score (nSPS) is 11.4. The minimum absolute atomic E-state index is 0.545. The van der Waals surface area contributed by atoms with Crippen LogP contribution in [0.25, 0.3) is 0 Å². The molecule has 0 bridgehead atoms. The van der Waals surface area contributed by atoms with Crippen LogP contribution in [-0.4, -0.2) is 11.6 Å². The van der Waals surface area contributed by atoms with Crippen molar-refractivity contribution in [3.8, 4) is 0 Å². The standard InChI is InChI=1S/C14H23NO/c1-11(2)7-8-16-10-14-6-5-13(9-15-14)12(3)4/h5-6,9,11-12H,7-8,10H2,1-4H3. The summed E-state index contributed by atoms with van der Waals surface area (Å²) in [7, 11) is 0. The van der Waals surface area contributed by atoms with Crippen LogP contribution in [-0.2, 0) is 11.3 Å². The number of ether oxygens (including phenoxy) is 1. The first kappa shape index (κ1) is 13.2. The van der Waals surface area contributed by atoms with Crippen molar-refractivity contribution in [2.24, 2.45) is 5.92 Å². The molecule has 1 aromatic heterocycles. The quantitative estimate of drug-likeness (QED) is 0.682. The van der Waals surface area contributed by atoms with Crippen LogP contribution >= 0.6 is 0 Å². The average Bonchev–Trinajstić information content (AvgIpc) is 2.25. The van der Waals surface area contributed by atoms with Gasteiger partial charge in [0.25, 0.3) is 0 Å². The SMILES string of the molecule is CC(C)CCOCc1ccc(C(C)C)cn1. The molecule has 0 spiro atoms. The molecule has 2 heteroatoms. The summed E-state index contributed by atoms with van der Waals surface area (Å²) in [6.45, 7) is 10.2. The lowest BCUT2D eigenvalue weighted by atomic mass is 10.1. The molecule has 0 saturated heterocycles. The summed E-state index contributed by atoms with van der Waals surface area (Å²) in [4.78, 5) is 4.39. The van der Waals surface area contributed by atoms with E-state index in [9.17, 15) is 0 Å². The highest BCUT2D eigenvalue weighted by Gasteiger charge is 2.00. The third-order valence-corrected chi connectivity index (χ3v) is 2.60. The molecule has 0 radical (unpaired) electrons. The molecule has 1 aromatic rings. The van der Waals surface area contributed by atoms with Crippen LogP contribution in [0.3, 0.4) is 0 Å². The lowest BCUT2D eigenvalue weighted by Crippen LogP contribution is -2.01. The molecule has 16 heavy (non-hydrogen) atoms. The topological polar surface area (TPSA) is 22.1 Å². The van der Waals surface area contributed by atoms with Crippen molar-refractivity contribution in [3.05, 3.63) is 29.6 Å². The third kappa shape index (κ3) is 4.75. The van der Waals surface area contributed by atoms with Gasteiger partial charge >= 0.3 is 0 Å². The second kappa shape index (κ2) is 6.64. The molecule has 0 fully saturated rings. The second-order valence-corrected chi connectivity index (χ2v) is 4.97. The summed E-state index contributed by atoms with van der Waals surface area (Å²) in [5.41, 5.74) is 2.30. The molecule has 0 atom stereocenters. The van der Waals surface area contributed by atoms with Gasteiger partial charge in [0.2, 0.25) is 0 Å². The van der Waals surface area contributed by atoms with Gasteiger partial charge in [-0.15, -0.1) is 0 Å². The largest absolute Gasteiger partial charge is 0.375 e. The molecule has 0 saturated carbocycles. The van der Waals surface area contributed by atoms with Crippen LogP contribution in [0.4, 0.5) is 0 Å². The van der Waals surface area contributed by atoms with Crippen molar-refractivity contribution >= 4 is 0 Å². The molecule has 0 amide bonds. The Labute approximate surface area is 99.0 Å². The van der Waals surface area contributed by atoms with Gasteiger partial charge in [-0.2, -0.15) is 0 Å². The molecule has 1 rings (SSSR count). The fourth-order valence-electron chi connectivity index (χ4n) is 1.36. The molecule has 2 nitrogen and oxygen atoms in total. The minimum Gasteiger partial charge on any atom is -0.375 e. The third-order valence-electron chi connectivity index (χ3n) is 2.60.